The van der Waals surface area contributed by atoms with Crippen LogP contribution in [0.3, 0.4) is 0 Å². The number of amides is 1. The van der Waals surface area contributed by atoms with Gasteiger partial charge in [0, 0.05) is 10.7 Å². The standard InChI is InChI=1S/C22H20Cl2N2O6S/c1-30-16-6-4-15(5-7-16)26-33(28,29)17-8-10-20(18(24)12-17)32-13-22(27)25-19-11-14(23)3-9-21(19)31-2/h3-12,26H,13H2,1-2H3,(H,25,27). The maximum Gasteiger partial charge on any atom is 0.262 e. The molecule has 3 aromatic carbocycles. The van der Waals surface area contributed by atoms with Gasteiger partial charge in [-0.15, -0.1) is 0 Å². The van der Waals surface area contributed by atoms with Crippen LogP contribution in [0.25, 0.3) is 0 Å². The summed E-state index contributed by atoms with van der Waals surface area (Å²) in [5.74, 6) is 0.697. The molecule has 174 valence electrons. The molecule has 0 unspecified atom stereocenters. The monoisotopic (exact) mass is 510 g/mol. The summed E-state index contributed by atoms with van der Waals surface area (Å²) in [6.45, 7) is -0.369. The Morgan fingerprint density at radius 3 is 2.24 bits per heavy atom. The van der Waals surface area contributed by atoms with Gasteiger partial charge in [-0.05, 0) is 60.7 Å². The third-order valence-corrected chi connectivity index (χ3v) is 6.26. The minimum absolute atomic E-state index is 0.0285. The van der Waals surface area contributed by atoms with Gasteiger partial charge in [-0.3, -0.25) is 9.52 Å². The Bertz CT molecular complexity index is 1250. The molecule has 0 atom stereocenters. The number of sulfonamides is 1. The van der Waals surface area contributed by atoms with Crippen molar-refractivity contribution in [2.45, 2.75) is 4.90 Å². The van der Waals surface area contributed by atoms with Gasteiger partial charge in [-0.1, -0.05) is 23.2 Å². The Labute approximate surface area is 201 Å². The zero-order chi connectivity index (χ0) is 24.0. The summed E-state index contributed by atoms with van der Waals surface area (Å²) in [7, 11) is -0.909. The molecule has 0 saturated heterocycles. The van der Waals surface area contributed by atoms with E-state index >= 15 is 0 Å². The number of carbonyl (C=O) groups is 1. The molecule has 3 rings (SSSR count). The molecule has 2 N–H and O–H groups in total. The first kappa shape index (κ1) is 24.5. The van der Waals surface area contributed by atoms with Crippen molar-refractivity contribution in [2.24, 2.45) is 0 Å². The molecular formula is C22H20Cl2N2O6S. The lowest BCUT2D eigenvalue weighted by Crippen LogP contribution is -2.20. The fraction of sp³-hybridized carbons (Fsp3) is 0.136. The number of ether oxygens (including phenoxy) is 3. The minimum atomic E-state index is -3.89. The van der Waals surface area contributed by atoms with Crippen molar-refractivity contribution in [3.63, 3.8) is 0 Å². The molecule has 0 bridgehead atoms. The molecule has 33 heavy (non-hydrogen) atoms. The third-order valence-electron chi connectivity index (χ3n) is 4.35. The maximum atomic E-state index is 12.6. The highest BCUT2D eigenvalue weighted by atomic mass is 35.5. The van der Waals surface area contributed by atoms with Gasteiger partial charge < -0.3 is 19.5 Å². The van der Waals surface area contributed by atoms with Crippen molar-refractivity contribution in [3.8, 4) is 17.2 Å². The zero-order valence-corrected chi connectivity index (χ0v) is 19.9. The highest BCUT2D eigenvalue weighted by molar-refractivity contribution is 7.92. The smallest absolute Gasteiger partial charge is 0.262 e. The first-order valence-electron chi connectivity index (χ1n) is 9.44. The summed E-state index contributed by atoms with van der Waals surface area (Å²) in [6.07, 6.45) is 0. The van der Waals surface area contributed by atoms with Gasteiger partial charge in [-0.2, -0.15) is 0 Å². The Balaban J connectivity index is 1.65. The number of rotatable bonds is 9. The summed E-state index contributed by atoms with van der Waals surface area (Å²) in [5, 5.41) is 3.09. The Kier molecular flexibility index (Phi) is 7.91. The molecule has 8 nitrogen and oxygen atoms in total. The zero-order valence-electron chi connectivity index (χ0n) is 17.6. The van der Waals surface area contributed by atoms with E-state index in [0.29, 0.717) is 27.9 Å². The van der Waals surface area contributed by atoms with Gasteiger partial charge in [0.2, 0.25) is 0 Å². The fourth-order valence-electron chi connectivity index (χ4n) is 2.75. The SMILES string of the molecule is COc1ccc(NS(=O)(=O)c2ccc(OCC(=O)Nc3cc(Cl)ccc3OC)c(Cl)c2)cc1. The number of benzene rings is 3. The molecule has 1 amide bonds. The molecule has 0 radical (unpaired) electrons. The molecule has 0 aromatic heterocycles. The number of anilines is 2. The predicted molar refractivity (Wildman–Crippen MR) is 127 cm³/mol. The van der Waals surface area contributed by atoms with Crippen molar-refractivity contribution in [1.29, 1.82) is 0 Å². The molecule has 3 aromatic rings. The van der Waals surface area contributed by atoms with Crippen LogP contribution in [0, 0.1) is 0 Å². The summed E-state index contributed by atoms with van der Waals surface area (Å²) in [6, 6.07) is 15.1. The lowest BCUT2D eigenvalue weighted by atomic mass is 10.3. The summed E-state index contributed by atoms with van der Waals surface area (Å²) in [4.78, 5) is 12.2. The van der Waals surface area contributed by atoms with Gasteiger partial charge in [0.1, 0.15) is 17.2 Å². The number of hydrogen-bond donors (Lipinski definition) is 2. The van der Waals surface area contributed by atoms with Crippen molar-refractivity contribution >= 4 is 50.5 Å². The topological polar surface area (TPSA) is 103 Å². The summed E-state index contributed by atoms with van der Waals surface area (Å²) < 4.78 is 43.4. The van der Waals surface area contributed by atoms with Crippen molar-refractivity contribution in [3.05, 3.63) is 70.7 Å². The maximum absolute atomic E-state index is 12.6. The molecule has 0 saturated carbocycles. The van der Waals surface area contributed by atoms with Crippen molar-refractivity contribution < 1.29 is 27.4 Å². The van der Waals surface area contributed by atoms with Crippen LogP contribution in [0.2, 0.25) is 10.0 Å². The van der Waals surface area contributed by atoms with E-state index < -0.39 is 15.9 Å². The first-order valence-corrected chi connectivity index (χ1v) is 11.7. The van der Waals surface area contributed by atoms with E-state index in [1.54, 1.807) is 42.5 Å². The van der Waals surface area contributed by atoms with Crippen LogP contribution in [-0.4, -0.2) is 35.2 Å². The van der Waals surface area contributed by atoms with Crippen LogP contribution in [0.15, 0.2) is 65.6 Å². The lowest BCUT2D eigenvalue weighted by molar-refractivity contribution is -0.118. The number of nitrogens with one attached hydrogen (secondary N) is 2. The normalized spacial score (nSPS) is 10.9. The van der Waals surface area contributed by atoms with Crippen LogP contribution in [0.5, 0.6) is 17.2 Å². The average molecular weight is 511 g/mol. The van der Waals surface area contributed by atoms with E-state index in [-0.39, 0.29) is 22.3 Å². The Morgan fingerprint density at radius 2 is 1.61 bits per heavy atom. The number of halogens is 2. The molecule has 0 spiro atoms. The molecule has 0 heterocycles. The molecular weight excluding hydrogens is 491 g/mol. The first-order chi connectivity index (χ1) is 15.7. The van der Waals surface area contributed by atoms with E-state index in [4.69, 9.17) is 37.4 Å². The van der Waals surface area contributed by atoms with Crippen molar-refractivity contribution in [2.75, 3.05) is 30.9 Å². The van der Waals surface area contributed by atoms with Gasteiger partial charge in [-0.25, -0.2) is 8.42 Å². The molecule has 0 fully saturated rings. The predicted octanol–water partition coefficient (Wildman–Crippen LogP) is 4.83. The molecule has 0 aliphatic rings. The minimum Gasteiger partial charge on any atom is -0.497 e. The quantitative estimate of drug-likeness (QED) is 0.427. The largest absolute Gasteiger partial charge is 0.497 e. The van der Waals surface area contributed by atoms with E-state index in [1.807, 2.05) is 0 Å². The van der Waals surface area contributed by atoms with Crippen LogP contribution < -0.4 is 24.2 Å². The summed E-state index contributed by atoms with van der Waals surface area (Å²) >= 11 is 12.1. The van der Waals surface area contributed by atoms with E-state index in [9.17, 15) is 13.2 Å². The highest BCUT2D eigenvalue weighted by Crippen LogP contribution is 2.30. The van der Waals surface area contributed by atoms with Crippen LogP contribution in [0.1, 0.15) is 0 Å². The second-order valence-corrected chi connectivity index (χ2v) is 9.13. The van der Waals surface area contributed by atoms with Gasteiger partial charge in [0.25, 0.3) is 15.9 Å². The third kappa shape index (κ3) is 6.44. The van der Waals surface area contributed by atoms with Crippen LogP contribution >= 0.6 is 23.2 Å². The van der Waals surface area contributed by atoms with Gasteiger partial charge >= 0.3 is 0 Å². The summed E-state index contributed by atoms with van der Waals surface area (Å²) in [5.41, 5.74) is 0.746. The van der Waals surface area contributed by atoms with Crippen LogP contribution in [-0.2, 0) is 14.8 Å². The molecule has 11 heteroatoms. The average Bonchev–Trinajstić information content (AvgIpc) is 2.78. The number of hydrogen-bond acceptors (Lipinski definition) is 6. The van der Waals surface area contributed by atoms with Gasteiger partial charge in [0.15, 0.2) is 6.61 Å². The fourth-order valence-corrected chi connectivity index (χ4v) is 4.30. The second kappa shape index (κ2) is 10.7. The van der Waals surface area contributed by atoms with E-state index in [1.165, 1.54) is 32.4 Å². The second-order valence-electron chi connectivity index (χ2n) is 6.61. The Morgan fingerprint density at radius 1 is 0.909 bits per heavy atom. The highest BCUT2D eigenvalue weighted by Gasteiger charge is 2.17. The van der Waals surface area contributed by atoms with Gasteiger partial charge in [0.05, 0.1) is 29.8 Å². The van der Waals surface area contributed by atoms with E-state index in [2.05, 4.69) is 10.0 Å². The molecule has 0 aliphatic heterocycles. The Hall–Kier alpha value is -3.14. The van der Waals surface area contributed by atoms with Crippen molar-refractivity contribution in [1.82, 2.24) is 0 Å². The number of methoxy groups -OCH3 is 2. The lowest BCUT2D eigenvalue weighted by Gasteiger charge is -2.13. The molecule has 0 aliphatic carbocycles. The van der Waals surface area contributed by atoms with E-state index in [0.717, 1.165) is 0 Å². The number of carbonyl (C=O) groups excluding carboxylic acids is 1. The van der Waals surface area contributed by atoms with Crippen LogP contribution in [0.4, 0.5) is 11.4 Å².